The van der Waals surface area contributed by atoms with Crippen LogP contribution in [0.5, 0.6) is 0 Å². The highest BCUT2D eigenvalue weighted by atomic mass is 79.9. The van der Waals surface area contributed by atoms with E-state index in [0.717, 1.165) is 15.8 Å². The van der Waals surface area contributed by atoms with Crippen LogP contribution in [-0.2, 0) is 4.79 Å². The molecule has 0 spiro atoms. The zero-order valence-electron chi connectivity index (χ0n) is 13.0. The quantitative estimate of drug-likeness (QED) is 0.843. The maximum absolute atomic E-state index is 12.0. The van der Waals surface area contributed by atoms with Crippen LogP contribution in [0.3, 0.4) is 0 Å². The summed E-state index contributed by atoms with van der Waals surface area (Å²) in [5.41, 5.74) is 2.03. The molecule has 0 aliphatic carbocycles. The molecule has 0 unspecified atom stereocenters. The lowest BCUT2D eigenvalue weighted by atomic mass is 10.2. The fraction of sp³-hybridized carbons (Fsp3) is 0.176. The van der Waals surface area contributed by atoms with Gasteiger partial charge in [0.25, 0.3) is 5.91 Å². The third-order valence-electron chi connectivity index (χ3n) is 3.08. The topological polar surface area (TPSA) is 61.4 Å². The number of hydrogen-bond acceptors (Lipinski definition) is 3. The number of benzene rings is 2. The molecule has 2 aromatic rings. The summed E-state index contributed by atoms with van der Waals surface area (Å²) >= 11 is 3.36. The molecule has 2 rings (SSSR count). The number of anilines is 2. The zero-order chi connectivity index (χ0) is 16.8. The number of hydrogen-bond donors (Lipinski definition) is 2. The van der Waals surface area contributed by atoms with Gasteiger partial charge in [0, 0.05) is 35.5 Å². The van der Waals surface area contributed by atoms with Crippen LogP contribution < -0.4 is 10.6 Å². The molecule has 2 aromatic carbocycles. The van der Waals surface area contributed by atoms with Gasteiger partial charge in [-0.25, -0.2) is 0 Å². The molecule has 0 aliphatic heterocycles. The van der Waals surface area contributed by atoms with Crippen LogP contribution >= 0.6 is 15.9 Å². The van der Waals surface area contributed by atoms with E-state index in [4.69, 9.17) is 0 Å². The van der Waals surface area contributed by atoms with Crippen LogP contribution in [-0.4, -0.2) is 37.4 Å². The number of rotatable bonds is 5. The molecular weight excluding hydrogens is 358 g/mol. The molecular formula is C17H18BrN3O2. The highest BCUT2D eigenvalue weighted by molar-refractivity contribution is 9.10. The first-order valence-corrected chi connectivity index (χ1v) is 7.86. The normalized spacial score (nSPS) is 10.0. The van der Waals surface area contributed by atoms with E-state index in [9.17, 15) is 9.59 Å². The van der Waals surface area contributed by atoms with Gasteiger partial charge in [-0.3, -0.25) is 9.59 Å². The average molecular weight is 376 g/mol. The Morgan fingerprint density at radius 1 is 1.04 bits per heavy atom. The van der Waals surface area contributed by atoms with Gasteiger partial charge in [-0.1, -0.05) is 28.1 Å². The molecule has 0 atom stereocenters. The van der Waals surface area contributed by atoms with E-state index in [1.54, 1.807) is 32.3 Å². The molecule has 0 heterocycles. The Hall–Kier alpha value is -2.34. The van der Waals surface area contributed by atoms with Gasteiger partial charge in [0.05, 0.1) is 6.54 Å². The van der Waals surface area contributed by atoms with Gasteiger partial charge in [0.2, 0.25) is 5.91 Å². The molecule has 0 aromatic heterocycles. The predicted molar refractivity (Wildman–Crippen MR) is 95.7 cm³/mol. The van der Waals surface area contributed by atoms with Crippen LogP contribution in [0.2, 0.25) is 0 Å². The zero-order valence-corrected chi connectivity index (χ0v) is 14.6. The molecule has 0 radical (unpaired) electrons. The molecule has 5 nitrogen and oxygen atoms in total. The second-order valence-corrected chi connectivity index (χ2v) is 6.11. The summed E-state index contributed by atoms with van der Waals surface area (Å²) in [5.74, 6) is -0.236. The minimum Gasteiger partial charge on any atom is -0.376 e. The predicted octanol–water partition coefficient (Wildman–Crippen LogP) is 3.20. The first kappa shape index (κ1) is 17.0. The van der Waals surface area contributed by atoms with Crippen LogP contribution in [0.15, 0.2) is 53.0 Å². The van der Waals surface area contributed by atoms with Crippen molar-refractivity contribution in [3.63, 3.8) is 0 Å². The molecule has 0 fully saturated rings. The summed E-state index contributed by atoms with van der Waals surface area (Å²) in [7, 11) is 3.40. The lowest BCUT2D eigenvalue weighted by molar-refractivity contribution is -0.114. The number of nitrogens with zero attached hydrogens (tertiary/aromatic N) is 1. The Morgan fingerprint density at radius 2 is 1.74 bits per heavy atom. The highest BCUT2D eigenvalue weighted by Gasteiger charge is 2.09. The van der Waals surface area contributed by atoms with E-state index in [1.807, 2.05) is 30.3 Å². The molecule has 0 saturated heterocycles. The van der Waals surface area contributed by atoms with Gasteiger partial charge in [-0.15, -0.1) is 0 Å². The van der Waals surface area contributed by atoms with Crippen LogP contribution in [0.4, 0.5) is 11.4 Å². The molecule has 0 bridgehead atoms. The lowest BCUT2D eigenvalue weighted by Crippen LogP contribution is -2.23. The van der Waals surface area contributed by atoms with E-state index in [1.165, 1.54) is 4.90 Å². The van der Waals surface area contributed by atoms with Crippen molar-refractivity contribution in [1.29, 1.82) is 0 Å². The minimum absolute atomic E-state index is 0.0766. The summed E-state index contributed by atoms with van der Waals surface area (Å²) in [6.45, 7) is 0.117. The van der Waals surface area contributed by atoms with E-state index in [-0.39, 0.29) is 18.4 Å². The maximum Gasteiger partial charge on any atom is 0.253 e. The van der Waals surface area contributed by atoms with Gasteiger partial charge in [0.15, 0.2) is 0 Å². The Labute approximate surface area is 143 Å². The van der Waals surface area contributed by atoms with Crippen molar-refractivity contribution in [2.45, 2.75) is 0 Å². The maximum atomic E-state index is 12.0. The Balaban J connectivity index is 1.94. The molecule has 120 valence electrons. The second-order valence-electron chi connectivity index (χ2n) is 5.19. The van der Waals surface area contributed by atoms with Crippen molar-refractivity contribution >= 4 is 39.1 Å². The number of halogens is 1. The highest BCUT2D eigenvalue weighted by Crippen LogP contribution is 2.16. The Kier molecular flexibility index (Phi) is 5.76. The summed E-state index contributed by atoms with van der Waals surface area (Å²) in [4.78, 5) is 25.4. The van der Waals surface area contributed by atoms with Crippen LogP contribution in [0.25, 0.3) is 0 Å². The largest absolute Gasteiger partial charge is 0.376 e. The van der Waals surface area contributed by atoms with Crippen LogP contribution in [0, 0.1) is 0 Å². The van der Waals surface area contributed by atoms with E-state index >= 15 is 0 Å². The van der Waals surface area contributed by atoms with E-state index < -0.39 is 0 Å². The van der Waals surface area contributed by atoms with Crippen molar-refractivity contribution in [2.75, 3.05) is 31.3 Å². The monoisotopic (exact) mass is 375 g/mol. The van der Waals surface area contributed by atoms with Crippen molar-refractivity contribution in [2.24, 2.45) is 0 Å². The summed E-state index contributed by atoms with van der Waals surface area (Å²) < 4.78 is 0.901. The summed E-state index contributed by atoms with van der Waals surface area (Å²) in [6.07, 6.45) is 0. The molecule has 23 heavy (non-hydrogen) atoms. The van der Waals surface area contributed by atoms with Gasteiger partial charge in [-0.2, -0.15) is 0 Å². The molecule has 2 amide bonds. The van der Waals surface area contributed by atoms with Gasteiger partial charge >= 0.3 is 0 Å². The van der Waals surface area contributed by atoms with E-state index in [2.05, 4.69) is 26.6 Å². The minimum atomic E-state index is -0.160. The summed E-state index contributed by atoms with van der Waals surface area (Å²) in [5, 5.41) is 5.82. The number of carbonyl (C=O) groups excluding carboxylic acids is 2. The SMILES string of the molecule is CN(C)C(=O)c1cccc(NCC(=O)Nc2cccc(Br)c2)c1. The smallest absolute Gasteiger partial charge is 0.253 e. The standard InChI is InChI=1S/C17H18BrN3O2/c1-21(2)17(23)12-5-3-7-14(9-12)19-11-16(22)20-15-8-4-6-13(18)10-15/h3-10,19H,11H2,1-2H3,(H,20,22). The lowest BCUT2D eigenvalue weighted by Gasteiger charge is -2.12. The number of amides is 2. The second kappa shape index (κ2) is 7.78. The average Bonchev–Trinajstić information content (AvgIpc) is 2.52. The fourth-order valence-corrected chi connectivity index (χ4v) is 2.37. The Morgan fingerprint density at radius 3 is 2.43 bits per heavy atom. The number of nitrogens with one attached hydrogen (secondary N) is 2. The van der Waals surface area contributed by atoms with Crippen molar-refractivity contribution in [1.82, 2.24) is 4.90 Å². The van der Waals surface area contributed by atoms with Gasteiger partial charge in [-0.05, 0) is 36.4 Å². The third-order valence-corrected chi connectivity index (χ3v) is 3.57. The van der Waals surface area contributed by atoms with Crippen LogP contribution in [0.1, 0.15) is 10.4 Å². The van der Waals surface area contributed by atoms with E-state index in [0.29, 0.717) is 5.56 Å². The third kappa shape index (κ3) is 5.10. The Bertz CT molecular complexity index is 716. The van der Waals surface area contributed by atoms with Crippen molar-refractivity contribution < 1.29 is 9.59 Å². The van der Waals surface area contributed by atoms with Gasteiger partial charge < -0.3 is 15.5 Å². The molecule has 0 saturated carbocycles. The molecule has 6 heteroatoms. The molecule has 0 aliphatic rings. The van der Waals surface area contributed by atoms with Crippen molar-refractivity contribution in [3.8, 4) is 0 Å². The first-order valence-electron chi connectivity index (χ1n) is 7.07. The van der Waals surface area contributed by atoms with Crippen molar-refractivity contribution in [3.05, 3.63) is 58.6 Å². The van der Waals surface area contributed by atoms with Gasteiger partial charge in [0.1, 0.15) is 0 Å². The number of carbonyl (C=O) groups is 2. The molecule has 2 N–H and O–H groups in total. The first-order chi connectivity index (χ1) is 11.0. The fourth-order valence-electron chi connectivity index (χ4n) is 1.97. The summed E-state index contributed by atoms with van der Waals surface area (Å²) in [6, 6.07) is 14.5.